The molecule has 20 heavy (non-hydrogen) atoms. The molecule has 0 saturated heterocycles. The zero-order valence-electron chi connectivity index (χ0n) is 10.5. The van der Waals surface area contributed by atoms with E-state index in [1.54, 1.807) is 30.0 Å². The molecule has 0 radical (unpaired) electrons. The molecule has 0 fully saturated rings. The summed E-state index contributed by atoms with van der Waals surface area (Å²) in [5.74, 6) is -1.09. The van der Waals surface area contributed by atoms with Crippen molar-refractivity contribution in [2.45, 2.75) is 12.5 Å². The summed E-state index contributed by atoms with van der Waals surface area (Å²) in [6.45, 7) is 0.394. The van der Waals surface area contributed by atoms with E-state index in [0.29, 0.717) is 17.8 Å². The van der Waals surface area contributed by atoms with Crippen molar-refractivity contribution in [2.24, 2.45) is 0 Å². The number of hydrogen-bond donors (Lipinski definition) is 4. The van der Waals surface area contributed by atoms with Crippen LogP contribution in [0.1, 0.15) is 16.6 Å². The zero-order chi connectivity index (χ0) is 14.4. The Morgan fingerprint density at radius 1 is 1.50 bits per heavy atom. The first-order valence-corrected chi connectivity index (χ1v) is 6.82. The second kappa shape index (κ2) is 6.71. The van der Waals surface area contributed by atoms with Crippen LogP contribution in [-0.2, 0) is 11.2 Å². The average Bonchev–Trinajstić information content (AvgIpc) is 3.08. The number of aromatic nitrogens is 2. The first-order valence-electron chi connectivity index (χ1n) is 5.94. The van der Waals surface area contributed by atoms with Gasteiger partial charge in [-0.1, -0.05) is 6.07 Å². The molecule has 1 unspecified atom stereocenters. The van der Waals surface area contributed by atoms with E-state index in [1.807, 2.05) is 0 Å². The van der Waals surface area contributed by atoms with Gasteiger partial charge >= 0.3 is 12.0 Å². The molecule has 0 aliphatic carbocycles. The van der Waals surface area contributed by atoms with Crippen molar-refractivity contribution in [1.29, 1.82) is 0 Å². The number of carboxylic acid groups (broad SMARTS) is 1. The van der Waals surface area contributed by atoms with Crippen LogP contribution in [0, 0.1) is 0 Å². The number of carboxylic acids is 1. The van der Waals surface area contributed by atoms with E-state index in [0.717, 1.165) is 5.69 Å². The Bertz CT molecular complexity index is 553. The summed E-state index contributed by atoms with van der Waals surface area (Å²) in [5, 5.41) is 15.9. The topological polar surface area (TPSA) is 107 Å². The van der Waals surface area contributed by atoms with Crippen molar-refractivity contribution in [3.8, 4) is 0 Å². The van der Waals surface area contributed by atoms with Gasteiger partial charge in [0.15, 0.2) is 6.04 Å². The molecule has 2 aromatic heterocycles. The molecule has 0 bridgehead atoms. The van der Waals surface area contributed by atoms with Gasteiger partial charge in [-0.15, -0.1) is 11.3 Å². The molecule has 0 spiro atoms. The summed E-state index contributed by atoms with van der Waals surface area (Å²) in [4.78, 5) is 30.2. The van der Waals surface area contributed by atoms with Gasteiger partial charge in [0.05, 0.1) is 6.33 Å². The van der Waals surface area contributed by atoms with Crippen LogP contribution in [0.25, 0.3) is 0 Å². The molecule has 2 heterocycles. The lowest BCUT2D eigenvalue weighted by Crippen LogP contribution is -2.41. The number of nitrogens with one attached hydrogen (secondary N) is 3. The highest BCUT2D eigenvalue weighted by molar-refractivity contribution is 7.10. The molecule has 2 amide bonds. The molecule has 8 heteroatoms. The highest BCUT2D eigenvalue weighted by atomic mass is 32.1. The Labute approximate surface area is 119 Å². The van der Waals surface area contributed by atoms with E-state index in [2.05, 4.69) is 20.6 Å². The van der Waals surface area contributed by atoms with Gasteiger partial charge in [-0.25, -0.2) is 14.6 Å². The fourth-order valence-corrected chi connectivity index (χ4v) is 2.39. The van der Waals surface area contributed by atoms with Gasteiger partial charge in [0.2, 0.25) is 0 Å². The van der Waals surface area contributed by atoms with Gasteiger partial charge in [0.1, 0.15) is 0 Å². The molecule has 1 atom stereocenters. The SMILES string of the molecule is O=C(NCCc1cnc[nH]1)NC(C(=O)O)c1cccs1. The molecule has 4 N–H and O–H groups in total. The quantitative estimate of drug-likeness (QED) is 0.640. The van der Waals surface area contributed by atoms with Crippen molar-refractivity contribution in [1.82, 2.24) is 20.6 Å². The minimum atomic E-state index is -1.09. The summed E-state index contributed by atoms with van der Waals surface area (Å²) in [5.41, 5.74) is 0.901. The van der Waals surface area contributed by atoms with Gasteiger partial charge in [-0.3, -0.25) is 0 Å². The molecular weight excluding hydrogens is 280 g/mol. The van der Waals surface area contributed by atoms with Gasteiger partial charge < -0.3 is 20.7 Å². The average molecular weight is 294 g/mol. The van der Waals surface area contributed by atoms with Crippen LogP contribution in [0.4, 0.5) is 4.79 Å². The Hall–Kier alpha value is -2.35. The number of thiophene rings is 1. The predicted octanol–water partition coefficient (Wildman–Crippen LogP) is 1.14. The van der Waals surface area contributed by atoms with E-state index < -0.39 is 18.0 Å². The Balaban J connectivity index is 1.81. The number of rotatable bonds is 6. The number of aliphatic carboxylic acids is 1. The minimum Gasteiger partial charge on any atom is -0.479 e. The summed E-state index contributed by atoms with van der Waals surface area (Å²) in [7, 11) is 0. The van der Waals surface area contributed by atoms with E-state index >= 15 is 0 Å². The third-order valence-corrected chi connectivity index (χ3v) is 3.52. The summed E-state index contributed by atoms with van der Waals surface area (Å²) in [6.07, 6.45) is 3.84. The van der Waals surface area contributed by atoms with Crippen LogP contribution in [0.2, 0.25) is 0 Å². The Morgan fingerprint density at radius 3 is 2.95 bits per heavy atom. The zero-order valence-corrected chi connectivity index (χ0v) is 11.3. The van der Waals surface area contributed by atoms with Gasteiger partial charge in [0.25, 0.3) is 0 Å². The van der Waals surface area contributed by atoms with Crippen LogP contribution in [0.15, 0.2) is 30.0 Å². The summed E-state index contributed by atoms with van der Waals surface area (Å²) in [6, 6.07) is 1.88. The van der Waals surface area contributed by atoms with Crippen LogP contribution >= 0.6 is 11.3 Å². The van der Waals surface area contributed by atoms with Crippen LogP contribution in [0.3, 0.4) is 0 Å². The van der Waals surface area contributed by atoms with E-state index in [4.69, 9.17) is 5.11 Å². The number of nitrogens with zero attached hydrogens (tertiary/aromatic N) is 1. The van der Waals surface area contributed by atoms with Crippen molar-refractivity contribution in [3.05, 3.63) is 40.6 Å². The highest BCUT2D eigenvalue weighted by Gasteiger charge is 2.22. The molecular formula is C12H14N4O3S. The van der Waals surface area contributed by atoms with Gasteiger partial charge in [-0.2, -0.15) is 0 Å². The number of aromatic amines is 1. The molecule has 0 aliphatic rings. The first-order chi connectivity index (χ1) is 9.66. The number of carbonyl (C=O) groups excluding carboxylic acids is 1. The lowest BCUT2D eigenvalue weighted by atomic mass is 10.2. The molecule has 0 saturated carbocycles. The smallest absolute Gasteiger partial charge is 0.331 e. The second-order valence-corrected chi connectivity index (χ2v) is 4.99. The number of amides is 2. The second-order valence-electron chi connectivity index (χ2n) is 4.01. The maximum atomic E-state index is 11.7. The van der Waals surface area contributed by atoms with Gasteiger partial charge in [-0.05, 0) is 11.4 Å². The van der Waals surface area contributed by atoms with E-state index in [9.17, 15) is 9.59 Å². The predicted molar refractivity (Wildman–Crippen MR) is 73.5 cm³/mol. The maximum Gasteiger partial charge on any atom is 0.331 e. The van der Waals surface area contributed by atoms with Crippen molar-refractivity contribution >= 4 is 23.3 Å². The van der Waals surface area contributed by atoms with Gasteiger partial charge in [0, 0.05) is 29.7 Å². The van der Waals surface area contributed by atoms with E-state index in [-0.39, 0.29) is 0 Å². The number of H-pyrrole nitrogens is 1. The third kappa shape index (κ3) is 3.82. The fraction of sp³-hybridized carbons (Fsp3) is 0.250. The monoisotopic (exact) mass is 294 g/mol. The molecule has 0 aliphatic heterocycles. The number of carbonyl (C=O) groups is 2. The minimum absolute atomic E-state index is 0.394. The van der Waals surface area contributed by atoms with E-state index in [1.165, 1.54) is 11.3 Å². The maximum absolute atomic E-state index is 11.7. The Morgan fingerprint density at radius 2 is 2.35 bits per heavy atom. The lowest BCUT2D eigenvalue weighted by Gasteiger charge is -2.13. The summed E-state index contributed by atoms with van der Waals surface area (Å²) < 4.78 is 0. The standard InChI is InChI=1S/C12H14N4O3S/c17-11(18)10(9-2-1-5-20-9)16-12(19)14-4-3-8-6-13-7-15-8/h1-2,5-7,10H,3-4H2,(H,13,15)(H,17,18)(H2,14,16,19). The summed E-state index contributed by atoms with van der Waals surface area (Å²) >= 11 is 1.29. The third-order valence-electron chi connectivity index (χ3n) is 2.58. The number of imidazole rings is 1. The molecule has 0 aromatic carbocycles. The van der Waals surface area contributed by atoms with Crippen LogP contribution in [0.5, 0.6) is 0 Å². The lowest BCUT2D eigenvalue weighted by molar-refractivity contribution is -0.139. The number of urea groups is 1. The molecule has 2 rings (SSSR count). The number of hydrogen-bond acceptors (Lipinski definition) is 4. The van der Waals surface area contributed by atoms with Crippen LogP contribution in [-0.4, -0.2) is 33.6 Å². The molecule has 7 nitrogen and oxygen atoms in total. The van der Waals surface area contributed by atoms with Crippen LogP contribution < -0.4 is 10.6 Å². The highest BCUT2D eigenvalue weighted by Crippen LogP contribution is 2.18. The Kier molecular flexibility index (Phi) is 4.72. The fourth-order valence-electron chi connectivity index (χ4n) is 1.62. The normalized spacial score (nSPS) is 11.8. The first kappa shape index (κ1) is 14.1. The largest absolute Gasteiger partial charge is 0.479 e. The van der Waals surface area contributed by atoms with Crippen molar-refractivity contribution in [2.75, 3.05) is 6.54 Å². The van der Waals surface area contributed by atoms with Crippen molar-refractivity contribution in [3.63, 3.8) is 0 Å². The molecule has 2 aromatic rings. The van der Waals surface area contributed by atoms with Crippen molar-refractivity contribution < 1.29 is 14.7 Å². The molecule has 106 valence electrons.